The molecule has 2 aliphatic rings. The number of aromatic nitrogens is 3. The van der Waals surface area contributed by atoms with E-state index in [1.54, 1.807) is 36.1 Å². The summed E-state index contributed by atoms with van der Waals surface area (Å²) in [6, 6.07) is 2.62. The van der Waals surface area contributed by atoms with Gasteiger partial charge in [0, 0.05) is 18.0 Å². The number of hydrogen-bond acceptors (Lipinski definition) is 7. The third-order valence-electron chi connectivity index (χ3n) is 7.45. The zero-order valence-corrected chi connectivity index (χ0v) is 20.4. The number of pyridine rings is 1. The van der Waals surface area contributed by atoms with Gasteiger partial charge < -0.3 is 20.8 Å². The minimum Gasteiger partial charge on any atom is -0.411 e. The Balaban J connectivity index is 1.52. The molecule has 11 nitrogen and oxygen atoms in total. The number of carbonyl (C=O) groups is 2. The molecular weight excluding hydrogens is 462 g/mol. The summed E-state index contributed by atoms with van der Waals surface area (Å²) in [7, 11) is 0. The molecule has 11 heteroatoms. The van der Waals surface area contributed by atoms with E-state index in [-0.39, 0.29) is 36.1 Å². The fourth-order valence-electron chi connectivity index (χ4n) is 5.05. The molecule has 36 heavy (non-hydrogen) atoms. The highest BCUT2D eigenvalue weighted by molar-refractivity contribution is 6.65. The zero-order valence-electron chi connectivity index (χ0n) is 20.4. The zero-order chi connectivity index (χ0) is 25.7. The molecule has 0 aromatic carbocycles. The van der Waals surface area contributed by atoms with E-state index in [4.69, 9.17) is 10.6 Å². The number of nitrogens with one attached hydrogen (secondary N) is 4. The third-order valence-corrected chi connectivity index (χ3v) is 7.45. The number of oxime groups is 1. The van der Waals surface area contributed by atoms with Crippen LogP contribution in [-0.4, -0.2) is 49.3 Å². The van der Waals surface area contributed by atoms with Gasteiger partial charge in [-0.15, -0.1) is 0 Å². The van der Waals surface area contributed by atoms with E-state index in [0.717, 1.165) is 38.5 Å². The van der Waals surface area contributed by atoms with E-state index < -0.39 is 17.7 Å². The van der Waals surface area contributed by atoms with Gasteiger partial charge in [-0.05, 0) is 30.2 Å². The molecule has 0 radical (unpaired) electrons. The molecule has 0 saturated heterocycles. The largest absolute Gasteiger partial charge is 0.411 e. The Morgan fingerprint density at radius 3 is 2.53 bits per heavy atom. The van der Waals surface area contributed by atoms with Crippen molar-refractivity contribution >= 4 is 28.9 Å². The Morgan fingerprint density at radius 1 is 1.28 bits per heavy atom. The highest BCUT2D eigenvalue weighted by Gasteiger charge is 2.44. The average Bonchev–Trinajstić information content (AvgIpc) is 3.23. The summed E-state index contributed by atoms with van der Waals surface area (Å²) in [6.45, 7) is 1.93. The molecule has 0 bridgehead atoms. The second-order valence-corrected chi connectivity index (χ2v) is 9.63. The molecule has 5 N–H and O–H groups in total. The molecule has 192 valence electrons. The average molecular weight is 496 g/mol. The Kier molecular flexibility index (Phi) is 7.97. The van der Waals surface area contributed by atoms with Gasteiger partial charge in [0.15, 0.2) is 0 Å². The van der Waals surface area contributed by atoms with E-state index in [1.807, 2.05) is 0 Å². The summed E-state index contributed by atoms with van der Waals surface area (Å²) >= 11 is 0. The molecule has 4 rings (SSSR count). The SMILES string of the molecule is CC/C(=N/O)C(=N)C(=O)NC(C(=O)Nc1cnn(Cc2ccc[nH]c2=O)c1)C(C1CCC1)C1CCC1. The number of hydrogen-bond donors (Lipinski definition) is 5. The second kappa shape index (κ2) is 11.3. The van der Waals surface area contributed by atoms with E-state index in [2.05, 4.69) is 25.9 Å². The van der Waals surface area contributed by atoms with Crippen LogP contribution < -0.4 is 16.2 Å². The maximum Gasteiger partial charge on any atom is 0.271 e. The lowest BCUT2D eigenvalue weighted by Crippen LogP contribution is -2.56. The van der Waals surface area contributed by atoms with Crippen molar-refractivity contribution in [1.82, 2.24) is 20.1 Å². The van der Waals surface area contributed by atoms with Gasteiger partial charge in [0.05, 0.1) is 18.4 Å². The predicted octanol–water partition coefficient (Wildman–Crippen LogP) is 2.52. The van der Waals surface area contributed by atoms with Crippen molar-refractivity contribution in [3.8, 4) is 0 Å². The molecule has 1 unspecified atom stereocenters. The first-order chi connectivity index (χ1) is 17.4. The number of H-pyrrole nitrogens is 1. The fraction of sp³-hybridized carbons (Fsp3) is 0.520. The van der Waals surface area contributed by atoms with Crippen molar-refractivity contribution in [1.29, 1.82) is 5.41 Å². The molecule has 2 heterocycles. The monoisotopic (exact) mass is 495 g/mol. The van der Waals surface area contributed by atoms with Crippen LogP contribution >= 0.6 is 0 Å². The lowest BCUT2D eigenvalue weighted by atomic mass is 9.62. The van der Waals surface area contributed by atoms with Crippen LogP contribution in [0.25, 0.3) is 0 Å². The third kappa shape index (κ3) is 5.55. The normalized spacial score (nSPS) is 17.2. The number of rotatable bonds is 11. The van der Waals surface area contributed by atoms with Crippen LogP contribution in [0.2, 0.25) is 0 Å². The second-order valence-electron chi connectivity index (χ2n) is 9.63. The summed E-state index contributed by atoms with van der Waals surface area (Å²) in [5.41, 5.74) is 0.307. The van der Waals surface area contributed by atoms with Gasteiger partial charge in [-0.3, -0.25) is 24.5 Å². The van der Waals surface area contributed by atoms with Gasteiger partial charge in [-0.25, -0.2) is 0 Å². The first-order valence-electron chi connectivity index (χ1n) is 12.5. The summed E-state index contributed by atoms with van der Waals surface area (Å²) in [5.74, 6) is -0.447. The van der Waals surface area contributed by atoms with Crippen molar-refractivity contribution in [3.05, 3.63) is 46.6 Å². The van der Waals surface area contributed by atoms with E-state index in [1.165, 1.54) is 6.20 Å². The van der Waals surface area contributed by atoms with Gasteiger partial charge in [0.1, 0.15) is 17.5 Å². The quantitative estimate of drug-likeness (QED) is 0.183. The standard InChI is InChI=1S/C25H33N7O4/c1-2-19(31-36)21(26)24(34)30-22(20(15-6-3-7-15)16-8-4-9-16)25(35)29-18-12-28-32(14-18)13-17-10-5-11-27-23(17)33/h5,10-12,14-16,20,22,26,36H,2-4,6-9,13H2,1H3,(H,27,33)(H,29,35)(H,30,34)/b26-21?,31-19-. The van der Waals surface area contributed by atoms with Crippen LogP contribution in [0.3, 0.4) is 0 Å². The summed E-state index contributed by atoms with van der Waals surface area (Å²) in [5, 5.41) is 30.3. The molecule has 2 aromatic heterocycles. The molecule has 0 aliphatic heterocycles. The number of nitrogens with zero attached hydrogens (tertiary/aromatic N) is 3. The number of carbonyl (C=O) groups excluding carboxylic acids is 2. The van der Waals surface area contributed by atoms with Crippen molar-refractivity contribution < 1.29 is 14.8 Å². The lowest BCUT2D eigenvalue weighted by Gasteiger charge is -2.45. The van der Waals surface area contributed by atoms with Crippen LogP contribution in [-0.2, 0) is 16.1 Å². The Labute approximate surface area is 208 Å². The van der Waals surface area contributed by atoms with Gasteiger partial charge in [0.2, 0.25) is 5.91 Å². The van der Waals surface area contributed by atoms with Gasteiger partial charge >= 0.3 is 0 Å². The van der Waals surface area contributed by atoms with Crippen molar-refractivity contribution in [2.75, 3.05) is 5.32 Å². The maximum atomic E-state index is 13.6. The molecule has 1 atom stereocenters. The van der Waals surface area contributed by atoms with Crippen LogP contribution in [0.4, 0.5) is 5.69 Å². The van der Waals surface area contributed by atoms with Crippen LogP contribution in [0, 0.1) is 23.2 Å². The number of aromatic amines is 1. The highest BCUT2D eigenvalue weighted by atomic mass is 16.4. The van der Waals surface area contributed by atoms with Crippen LogP contribution in [0.15, 0.2) is 40.7 Å². The topological polar surface area (TPSA) is 165 Å². The molecule has 2 fully saturated rings. The Bertz CT molecular complexity index is 1180. The molecule has 2 amide bonds. The maximum absolute atomic E-state index is 13.6. The van der Waals surface area contributed by atoms with Gasteiger partial charge in [-0.2, -0.15) is 5.10 Å². The van der Waals surface area contributed by atoms with Crippen molar-refractivity contribution in [3.63, 3.8) is 0 Å². The molecule has 0 spiro atoms. The molecule has 2 aliphatic carbocycles. The summed E-state index contributed by atoms with van der Waals surface area (Å²) < 4.78 is 1.56. The van der Waals surface area contributed by atoms with Crippen molar-refractivity contribution in [2.24, 2.45) is 22.9 Å². The minimum atomic E-state index is -0.828. The van der Waals surface area contributed by atoms with Crippen LogP contribution in [0.1, 0.15) is 57.4 Å². The molecule has 2 saturated carbocycles. The molecule has 2 aromatic rings. The first kappa shape index (κ1) is 25.3. The highest BCUT2D eigenvalue weighted by Crippen LogP contribution is 2.46. The Morgan fingerprint density at radius 2 is 1.97 bits per heavy atom. The number of amides is 2. The minimum absolute atomic E-state index is 0.0293. The smallest absolute Gasteiger partial charge is 0.271 e. The fourth-order valence-corrected chi connectivity index (χ4v) is 5.05. The van der Waals surface area contributed by atoms with Gasteiger partial charge in [0.25, 0.3) is 11.5 Å². The summed E-state index contributed by atoms with van der Waals surface area (Å²) in [6.07, 6.45) is 11.2. The first-order valence-corrected chi connectivity index (χ1v) is 12.5. The van der Waals surface area contributed by atoms with Crippen molar-refractivity contribution in [2.45, 2.75) is 64.5 Å². The van der Waals surface area contributed by atoms with E-state index >= 15 is 0 Å². The number of anilines is 1. The Hall–Kier alpha value is -3.76. The van der Waals surface area contributed by atoms with Crippen LogP contribution in [0.5, 0.6) is 0 Å². The lowest BCUT2D eigenvalue weighted by molar-refractivity contribution is -0.126. The van der Waals surface area contributed by atoms with E-state index in [9.17, 15) is 14.4 Å². The summed E-state index contributed by atoms with van der Waals surface area (Å²) in [4.78, 5) is 41.1. The van der Waals surface area contributed by atoms with E-state index in [0.29, 0.717) is 23.1 Å². The van der Waals surface area contributed by atoms with Gasteiger partial charge in [-0.1, -0.05) is 56.7 Å². The molecular formula is C25H33N7O4. The predicted molar refractivity (Wildman–Crippen MR) is 134 cm³/mol.